The van der Waals surface area contributed by atoms with E-state index in [1.165, 1.54) is 32.4 Å². The Kier molecular flexibility index (Phi) is 5.14. The number of aromatic carboxylic acids is 1. The van der Waals surface area contributed by atoms with Crippen LogP contribution in [0.2, 0.25) is 0 Å². The minimum absolute atomic E-state index is 0.0317. The maximum Gasteiger partial charge on any atom is 0.335 e. The van der Waals surface area contributed by atoms with Crippen LogP contribution in [0, 0.1) is 0 Å². The number of hydrogen-bond donors (Lipinski definition) is 2. The van der Waals surface area contributed by atoms with E-state index in [1.54, 1.807) is 24.3 Å². The molecule has 0 saturated carbocycles. The zero-order valence-electron chi connectivity index (χ0n) is 14.4. The molecule has 0 radical (unpaired) electrons. The van der Waals surface area contributed by atoms with E-state index in [-0.39, 0.29) is 27.3 Å². The smallest absolute Gasteiger partial charge is 0.335 e. The fourth-order valence-electron chi connectivity index (χ4n) is 2.51. The minimum atomic E-state index is -1.11. The first-order chi connectivity index (χ1) is 12.9. The first-order valence-corrected chi connectivity index (χ1v) is 8.17. The number of carboxylic acid groups (broad SMARTS) is 1. The van der Waals surface area contributed by atoms with E-state index in [1.807, 2.05) is 0 Å². The summed E-state index contributed by atoms with van der Waals surface area (Å²) in [5.74, 6) is 0.177. The van der Waals surface area contributed by atoms with Gasteiger partial charge in [-0.25, -0.2) is 9.78 Å². The number of nitrogens with zero attached hydrogens (tertiary/aromatic N) is 1. The first-order valence-electron chi connectivity index (χ1n) is 7.79. The van der Waals surface area contributed by atoms with Crippen LogP contribution in [-0.4, -0.2) is 35.3 Å². The highest BCUT2D eigenvalue weighted by molar-refractivity contribution is 6.50. The molecule has 7 nitrogen and oxygen atoms in total. The number of halogens is 1. The molecule has 0 saturated heterocycles. The predicted molar refractivity (Wildman–Crippen MR) is 103 cm³/mol. The highest BCUT2D eigenvalue weighted by Crippen LogP contribution is 2.27. The number of H-pyrrole nitrogens is 1. The quantitative estimate of drug-likeness (QED) is 0.697. The summed E-state index contributed by atoms with van der Waals surface area (Å²) in [6.07, 6.45) is 1.59. The minimum Gasteiger partial charge on any atom is -0.497 e. The van der Waals surface area contributed by atoms with E-state index >= 15 is 0 Å². The van der Waals surface area contributed by atoms with Crippen molar-refractivity contribution in [2.75, 3.05) is 14.2 Å². The number of hydrogen-bond acceptors (Lipinski definition) is 5. The molecule has 0 fully saturated rings. The number of aromatic amines is 1. The molecule has 0 unspecified atom stereocenters. The number of ether oxygens (including phenoxy) is 2. The third kappa shape index (κ3) is 3.93. The molecule has 2 N–H and O–H groups in total. The van der Waals surface area contributed by atoms with Gasteiger partial charge in [-0.05, 0) is 42.0 Å². The van der Waals surface area contributed by atoms with Gasteiger partial charge >= 0.3 is 5.97 Å². The van der Waals surface area contributed by atoms with E-state index in [9.17, 15) is 9.59 Å². The topological polar surface area (TPSA) is 102 Å². The molecule has 0 aliphatic carbocycles. The fraction of sp³-hybridized carbons (Fsp3) is 0.105. The maximum atomic E-state index is 12.3. The van der Waals surface area contributed by atoms with Crippen molar-refractivity contribution in [2.45, 2.75) is 0 Å². The van der Waals surface area contributed by atoms with Gasteiger partial charge in [0.05, 0.1) is 35.7 Å². The normalized spacial score (nSPS) is 11.4. The van der Waals surface area contributed by atoms with Crippen LogP contribution in [0.3, 0.4) is 0 Å². The van der Waals surface area contributed by atoms with E-state index in [0.29, 0.717) is 17.1 Å². The number of benzene rings is 2. The van der Waals surface area contributed by atoms with Crippen LogP contribution in [0.5, 0.6) is 11.5 Å². The van der Waals surface area contributed by atoms with E-state index in [4.69, 9.17) is 26.2 Å². The van der Waals surface area contributed by atoms with Gasteiger partial charge in [-0.2, -0.15) is 0 Å². The third-order valence-corrected chi connectivity index (χ3v) is 4.13. The van der Waals surface area contributed by atoms with Crippen LogP contribution in [0.15, 0.2) is 41.2 Å². The summed E-state index contributed by atoms with van der Waals surface area (Å²) in [6, 6.07) is 9.29. The zero-order valence-corrected chi connectivity index (χ0v) is 15.2. The van der Waals surface area contributed by atoms with Crippen molar-refractivity contribution in [3.63, 3.8) is 0 Å². The van der Waals surface area contributed by atoms with Crippen LogP contribution >= 0.6 is 11.6 Å². The summed E-state index contributed by atoms with van der Waals surface area (Å²) < 4.78 is 10.4. The predicted octanol–water partition coefficient (Wildman–Crippen LogP) is 3.38. The average Bonchev–Trinajstić information content (AvgIpc) is 2.66. The summed E-state index contributed by atoms with van der Waals surface area (Å²) in [6.45, 7) is 0. The molecule has 0 bridgehead atoms. The van der Waals surface area contributed by atoms with Crippen LogP contribution in [0.25, 0.3) is 22.0 Å². The lowest BCUT2D eigenvalue weighted by Crippen LogP contribution is -2.11. The van der Waals surface area contributed by atoms with Crippen molar-refractivity contribution in [3.05, 3.63) is 63.7 Å². The van der Waals surface area contributed by atoms with E-state index in [2.05, 4.69) is 9.97 Å². The average molecular weight is 387 g/mol. The van der Waals surface area contributed by atoms with E-state index in [0.717, 1.165) is 0 Å². The highest BCUT2D eigenvalue weighted by Gasteiger charge is 2.11. The molecule has 0 aliphatic heterocycles. The third-order valence-electron chi connectivity index (χ3n) is 3.85. The molecule has 0 spiro atoms. The van der Waals surface area contributed by atoms with Crippen molar-refractivity contribution in [1.29, 1.82) is 0 Å². The van der Waals surface area contributed by atoms with Crippen molar-refractivity contribution in [2.24, 2.45) is 0 Å². The lowest BCUT2D eigenvalue weighted by atomic mass is 10.1. The maximum absolute atomic E-state index is 12.3. The lowest BCUT2D eigenvalue weighted by molar-refractivity contribution is 0.0697. The number of fused-ring (bicyclic) bond motifs is 1. The summed E-state index contributed by atoms with van der Waals surface area (Å²) in [4.78, 5) is 30.3. The van der Waals surface area contributed by atoms with Gasteiger partial charge < -0.3 is 19.6 Å². The fourth-order valence-corrected chi connectivity index (χ4v) is 2.73. The second kappa shape index (κ2) is 7.51. The summed E-state index contributed by atoms with van der Waals surface area (Å²) in [7, 11) is 3.07. The van der Waals surface area contributed by atoms with Gasteiger partial charge in [0.2, 0.25) is 0 Å². The molecule has 3 aromatic rings. The number of methoxy groups -OCH3 is 2. The van der Waals surface area contributed by atoms with Gasteiger partial charge in [0.25, 0.3) is 5.56 Å². The Bertz CT molecular complexity index is 1100. The van der Waals surface area contributed by atoms with Crippen LogP contribution in [0.1, 0.15) is 21.7 Å². The molecule has 0 amide bonds. The Balaban J connectivity index is 2.09. The molecule has 1 aromatic heterocycles. The molecule has 138 valence electrons. The van der Waals surface area contributed by atoms with Crippen molar-refractivity contribution < 1.29 is 19.4 Å². The van der Waals surface area contributed by atoms with Gasteiger partial charge in [0.1, 0.15) is 11.5 Å². The molecule has 3 rings (SSSR count). The number of rotatable bonds is 5. The number of carboxylic acids is 1. The molecule has 0 atom stereocenters. The first kappa shape index (κ1) is 18.5. The molecule has 27 heavy (non-hydrogen) atoms. The standard InChI is InChI=1S/C19H15ClN2O5/c1-26-12-5-10(6-13(9-12)27-2)7-15(20)17-21-16-8-11(19(24)25)3-4-14(16)18(23)22-17/h3-9H,1-2H3,(H,24,25)(H,21,22,23). The van der Waals surface area contributed by atoms with Crippen molar-refractivity contribution in [1.82, 2.24) is 9.97 Å². The van der Waals surface area contributed by atoms with Gasteiger partial charge in [-0.1, -0.05) is 11.6 Å². The second-order valence-electron chi connectivity index (χ2n) is 5.59. The molecular formula is C19H15ClN2O5. The summed E-state index contributed by atoms with van der Waals surface area (Å²) >= 11 is 6.34. The summed E-state index contributed by atoms with van der Waals surface area (Å²) in [5.41, 5.74) is 0.535. The Morgan fingerprint density at radius 2 is 1.81 bits per heavy atom. The van der Waals surface area contributed by atoms with Gasteiger partial charge in [-0.3, -0.25) is 4.79 Å². The Morgan fingerprint density at radius 3 is 2.41 bits per heavy atom. The summed E-state index contributed by atoms with van der Waals surface area (Å²) in [5, 5.41) is 9.56. The van der Waals surface area contributed by atoms with Crippen molar-refractivity contribution in [3.8, 4) is 11.5 Å². The van der Waals surface area contributed by atoms with Gasteiger partial charge in [0.15, 0.2) is 5.82 Å². The molecular weight excluding hydrogens is 372 g/mol. The lowest BCUT2D eigenvalue weighted by Gasteiger charge is -2.07. The van der Waals surface area contributed by atoms with Gasteiger partial charge in [-0.15, -0.1) is 0 Å². The largest absolute Gasteiger partial charge is 0.497 e. The van der Waals surface area contributed by atoms with Gasteiger partial charge in [0, 0.05) is 6.07 Å². The zero-order chi connectivity index (χ0) is 19.6. The van der Waals surface area contributed by atoms with Crippen LogP contribution in [0.4, 0.5) is 0 Å². The molecule has 0 aliphatic rings. The van der Waals surface area contributed by atoms with E-state index < -0.39 is 11.5 Å². The Hall–Kier alpha value is -3.32. The van der Waals surface area contributed by atoms with Crippen molar-refractivity contribution >= 4 is 39.6 Å². The van der Waals surface area contributed by atoms with Crippen LogP contribution < -0.4 is 15.0 Å². The highest BCUT2D eigenvalue weighted by atomic mass is 35.5. The molecule has 8 heteroatoms. The Labute approximate surface area is 158 Å². The Morgan fingerprint density at radius 1 is 1.15 bits per heavy atom. The second-order valence-corrected chi connectivity index (χ2v) is 6.00. The number of nitrogens with one attached hydrogen (secondary N) is 1. The monoisotopic (exact) mass is 386 g/mol. The van der Waals surface area contributed by atoms with Crippen LogP contribution in [-0.2, 0) is 0 Å². The SMILES string of the molecule is COc1cc(C=C(Cl)c2nc3cc(C(=O)O)ccc3c(=O)[nH]2)cc(OC)c1. The molecule has 2 aromatic carbocycles. The number of aromatic nitrogens is 2. The molecule has 1 heterocycles. The number of carbonyl (C=O) groups is 1.